The van der Waals surface area contributed by atoms with Crippen LogP contribution in [0.15, 0.2) is 23.7 Å². The molecule has 1 fully saturated rings. The highest BCUT2D eigenvalue weighted by atomic mass is 32.1. The van der Waals surface area contributed by atoms with Crippen LogP contribution in [0.2, 0.25) is 0 Å². The summed E-state index contributed by atoms with van der Waals surface area (Å²) in [4.78, 5) is 18.0. The van der Waals surface area contributed by atoms with Crippen molar-refractivity contribution in [2.75, 3.05) is 11.4 Å². The predicted octanol–water partition coefficient (Wildman–Crippen LogP) is 2.99. The molecule has 2 aromatic rings. The summed E-state index contributed by atoms with van der Waals surface area (Å²) in [5.41, 5.74) is 0. The number of carbonyl (C=O) groups is 1. The first kappa shape index (κ1) is 12.4. The Balaban J connectivity index is 2.08. The number of thiophene rings is 1. The summed E-state index contributed by atoms with van der Waals surface area (Å²) in [6.07, 6.45) is 3.76. The molecule has 1 aliphatic heterocycles. The molecule has 0 aromatic carbocycles. The number of hydrogen-bond donors (Lipinski definition) is 1. The molecule has 19 heavy (non-hydrogen) atoms. The summed E-state index contributed by atoms with van der Waals surface area (Å²) >= 11 is 1.66. The van der Waals surface area contributed by atoms with Gasteiger partial charge in [-0.05, 0) is 36.3 Å². The lowest BCUT2D eigenvalue weighted by atomic mass is 9.90. The van der Waals surface area contributed by atoms with Gasteiger partial charge in [0.1, 0.15) is 11.9 Å². The molecule has 3 rings (SSSR count). The lowest BCUT2D eigenvalue weighted by Crippen LogP contribution is -2.49. The van der Waals surface area contributed by atoms with Crippen LogP contribution in [0.25, 0.3) is 10.1 Å². The summed E-state index contributed by atoms with van der Waals surface area (Å²) in [6, 6.07) is 3.54. The maximum atomic E-state index is 11.6. The number of pyridine rings is 1. The van der Waals surface area contributed by atoms with Gasteiger partial charge in [0.2, 0.25) is 0 Å². The van der Waals surface area contributed by atoms with E-state index in [0.717, 1.165) is 35.3 Å². The molecular formula is C14H16N2O2S. The van der Waals surface area contributed by atoms with Gasteiger partial charge in [-0.15, -0.1) is 11.3 Å². The van der Waals surface area contributed by atoms with Gasteiger partial charge in [-0.25, -0.2) is 9.78 Å². The molecule has 4 nitrogen and oxygen atoms in total. The second kappa shape index (κ2) is 4.81. The number of carboxylic acids is 1. The Kier molecular flexibility index (Phi) is 3.14. The quantitative estimate of drug-likeness (QED) is 0.916. The van der Waals surface area contributed by atoms with Crippen molar-refractivity contribution in [1.29, 1.82) is 0 Å². The highest BCUT2D eigenvalue weighted by Crippen LogP contribution is 2.34. The van der Waals surface area contributed by atoms with Crippen molar-refractivity contribution < 1.29 is 9.90 Å². The summed E-state index contributed by atoms with van der Waals surface area (Å²) in [6.45, 7) is 2.78. The fourth-order valence-electron chi connectivity index (χ4n) is 2.91. The molecular weight excluding hydrogens is 260 g/mol. The van der Waals surface area contributed by atoms with E-state index in [0.29, 0.717) is 0 Å². The Morgan fingerprint density at radius 3 is 3.16 bits per heavy atom. The van der Waals surface area contributed by atoms with Crippen LogP contribution in [0.3, 0.4) is 0 Å². The number of aliphatic carboxylic acids is 1. The van der Waals surface area contributed by atoms with Crippen LogP contribution in [-0.2, 0) is 4.79 Å². The number of piperidine rings is 1. The van der Waals surface area contributed by atoms with Crippen molar-refractivity contribution in [3.63, 3.8) is 0 Å². The van der Waals surface area contributed by atoms with E-state index in [1.165, 1.54) is 0 Å². The molecule has 0 radical (unpaired) electrons. The summed E-state index contributed by atoms with van der Waals surface area (Å²) < 4.78 is 1.16. The minimum absolute atomic E-state index is 0.155. The molecule has 100 valence electrons. The Bertz CT molecular complexity index is 610. The van der Waals surface area contributed by atoms with Gasteiger partial charge in [-0.2, -0.15) is 0 Å². The molecule has 1 saturated heterocycles. The molecule has 0 aliphatic carbocycles. The second-order valence-electron chi connectivity index (χ2n) is 5.06. The van der Waals surface area contributed by atoms with Gasteiger partial charge in [0.25, 0.3) is 0 Å². The molecule has 0 bridgehead atoms. The topological polar surface area (TPSA) is 53.4 Å². The monoisotopic (exact) mass is 276 g/mol. The van der Waals surface area contributed by atoms with Crippen molar-refractivity contribution in [3.8, 4) is 0 Å². The van der Waals surface area contributed by atoms with Crippen molar-refractivity contribution in [2.45, 2.75) is 25.8 Å². The summed E-state index contributed by atoms with van der Waals surface area (Å²) in [7, 11) is 0. The molecule has 5 heteroatoms. The summed E-state index contributed by atoms with van der Waals surface area (Å²) in [5.74, 6) is 0.223. The van der Waals surface area contributed by atoms with E-state index in [2.05, 4.69) is 4.98 Å². The Hall–Kier alpha value is -1.62. The van der Waals surface area contributed by atoms with Crippen LogP contribution in [-0.4, -0.2) is 28.6 Å². The smallest absolute Gasteiger partial charge is 0.326 e. The second-order valence-corrected chi connectivity index (χ2v) is 6.01. The third-order valence-corrected chi connectivity index (χ3v) is 4.70. The number of hydrogen-bond acceptors (Lipinski definition) is 4. The van der Waals surface area contributed by atoms with Crippen molar-refractivity contribution in [2.24, 2.45) is 5.92 Å². The molecule has 1 N–H and O–H groups in total. The average Bonchev–Trinajstić information content (AvgIpc) is 2.85. The van der Waals surface area contributed by atoms with E-state index in [1.54, 1.807) is 17.5 Å². The molecule has 2 atom stereocenters. The van der Waals surface area contributed by atoms with Crippen LogP contribution in [0.1, 0.15) is 19.8 Å². The summed E-state index contributed by atoms with van der Waals surface area (Å²) in [5, 5.41) is 12.6. The number of aromatic nitrogens is 1. The fraction of sp³-hybridized carbons (Fsp3) is 0.429. The van der Waals surface area contributed by atoms with E-state index in [9.17, 15) is 9.90 Å². The molecule has 1 aliphatic rings. The zero-order chi connectivity index (χ0) is 13.4. The highest BCUT2D eigenvalue weighted by Gasteiger charge is 2.35. The maximum absolute atomic E-state index is 11.6. The van der Waals surface area contributed by atoms with E-state index in [4.69, 9.17) is 0 Å². The molecule has 0 spiro atoms. The Morgan fingerprint density at radius 2 is 2.37 bits per heavy atom. The zero-order valence-electron chi connectivity index (χ0n) is 10.7. The number of fused-ring (bicyclic) bond motifs is 1. The van der Waals surface area contributed by atoms with Crippen LogP contribution >= 0.6 is 11.3 Å². The van der Waals surface area contributed by atoms with E-state index in [1.807, 2.05) is 29.3 Å². The molecule has 3 heterocycles. The molecule has 2 unspecified atom stereocenters. The normalized spacial score (nSPS) is 23.7. The Morgan fingerprint density at radius 1 is 1.53 bits per heavy atom. The first-order valence-electron chi connectivity index (χ1n) is 6.50. The number of nitrogens with zero attached hydrogens (tertiary/aromatic N) is 2. The standard InChI is InChI=1S/C14H16N2O2S/c1-9-3-2-7-16(12(9)14(17)18)13-10-5-8-19-11(10)4-6-15-13/h4-6,8-9,12H,2-3,7H2,1H3,(H,17,18). The van der Waals surface area contributed by atoms with Crippen molar-refractivity contribution in [1.82, 2.24) is 4.98 Å². The van der Waals surface area contributed by atoms with Gasteiger partial charge in [0.15, 0.2) is 0 Å². The first-order valence-corrected chi connectivity index (χ1v) is 7.38. The zero-order valence-corrected chi connectivity index (χ0v) is 11.6. The van der Waals surface area contributed by atoms with E-state index < -0.39 is 12.0 Å². The SMILES string of the molecule is CC1CCCN(c2nccc3sccc23)C1C(=O)O. The van der Waals surface area contributed by atoms with Crippen molar-refractivity contribution in [3.05, 3.63) is 23.7 Å². The van der Waals surface area contributed by atoms with Gasteiger partial charge in [0.05, 0.1) is 0 Å². The number of anilines is 1. The minimum Gasteiger partial charge on any atom is -0.480 e. The van der Waals surface area contributed by atoms with Crippen molar-refractivity contribution >= 4 is 33.2 Å². The fourth-order valence-corrected chi connectivity index (χ4v) is 3.69. The minimum atomic E-state index is -0.749. The Labute approximate surface area is 115 Å². The highest BCUT2D eigenvalue weighted by molar-refractivity contribution is 7.17. The van der Waals surface area contributed by atoms with Crippen LogP contribution < -0.4 is 4.90 Å². The third-order valence-electron chi connectivity index (χ3n) is 3.82. The largest absolute Gasteiger partial charge is 0.480 e. The lowest BCUT2D eigenvalue weighted by molar-refractivity contribution is -0.140. The van der Waals surface area contributed by atoms with Gasteiger partial charge >= 0.3 is 5.97 Å². The molecule has 0 amide bonds. The lowest BCUT2D eigenvalue weighted by Gasteiger charge is -2.38. The van der Waals surface area contributed by atoms with Gasteiger partial charge < -0.3 is 10.0 Å². The third kappa shape index (κ3) is 2.08. The van der Waals surface area contributed by atoms with E-state index in [-0.39, 0.29) is 5.92 Å². The predicted molar refractivity (Wildman–Crippen MR) is 76.8 cm³/mol. The number of rotatable bonds is 2. The molecule has 2 aromatic heterocycles. The number of carboxylic acid groups (broad SMARTS) is 1. The van der Waals surface area contributed by atoms with Gasteiger partial charge in [0, 0.05) is 22.8 Å². The molecule has 0 saturated carbocycles. The first-order chi connectivity index (χ1) is 9.18. The van der Waals surface area contributed by atoms with Crippen LogP contribution in [0, 0.1) is 5.92 Å². The van der Waals surface area contributed by atoms with E-state index >= 15 is 0 Å². The average molecular weight is 276 g/mol. The van der Waals surface area contributed by atoms with Gasteiger partial charge in [-0.3, -0.25) is 0 Å². The maximum Gasteiger partial charge on any atom is 0.326 e. The van der Waals surface area contributed by atoms with Crippen LogP contribution in [0.5, 0.6) is 0 Å². The van der Waals surface area contributed by atoms with Crippen LogP contribution in [0.4, 0.5) is 5.82 Å². The van der Waals surface area contributed by atoms with Gasteiger partial charge in [-0.1, -0.05) is 6.92 Å².